The number of carbonyl (C=O) groups excluding carboxylic acids is 1. The van der Waals surface area contributed by atoms with Crippen LogP contribution in [0.3, 0.4) is 0 Å². The van der Waals surface area contributed by atoms with Gasteiger partial charge in [0.1, 0.15) is 17.3 Å². The van der Waals surface area contributed by atoms with Crippen LogP contribution in [-0.2, 0) is 17.6 Å². The number of nitrogens with one attached hydrogen (secondary N) is 1. The minimum atomic E-state index is -0.619. The van der Waals surface area contributed by atoms with E-state index in [1.54, 1.807) is 0 Å². The van der Waals surface area contributed by atoms with E-state index in [1.807, 2.05) is 60.7 Å². The Kier molecular flexibility index (Phi) is 6.70. The lowest BCUT2D eigenvalue weighted by atomic mass is 10.1. The van der Waals surface area contributed by atoms with E-state index in [9.17, 15) is 13.6 Å². The van der Waals surface area contributed by atoms with Crippen molar-refractivity contribution in [1.29, 1.82) is 0 Å². The number of aromatic nitrogens is 1. The third-order valence-corrected chi connectivity index (χ3v) is 5.05. The van der Waals surface area contributed by atoms with E-state index < -0.39 is 11.6 Å². The summed E-state index contributed by atoms with van der Waals surface area (Å²) in [4.78, 5) is 16.9. The van der Waals surface area contributed by atoms with Crippen LogP contribution in [0.4, 0.5) is 8.78 Å². The van der Waals surface area contributed by atoms with Gasteiger partial charge in [-0.2, -0.15) is 0 Å². The molecule has 1 N–H and O–H groups in total. The van der Waals surface area contributed by atoms with Gasteiger partial charge in [0.25, 0.3) is 0 Å². The third-order valence-electron chi connectivity index (χ3n) is 5.05. The lowest BCUT2D eigenvalue weighted by Gasteiger charge is -2.05. The number of hydrogen-bond acceptors (Lipinski definition) is 3. The highest BCUT2D eigenvalue weighted by molar-refractivity contribution is 5.77. The van der Waals surface area contributed by atoms with Crippen LogP contribution < -0.4 is 5.32 Å². The van der Waals surface area contributed by atoms with Gasteiger partial charge < -0.3 is 9.73 Å². The van der Waals surface area contributed by atoms with Crippen LogP contribution in [0.15, 0.2) is 83.3 Å². The standard InChI is InChI=1S/C26H22F2N2O2/c27-21-12-11-18(22(28)17-21)15-16-29-23(31)13-14-24-30-25(19-7-3-1-4-8-19)26(32-24)20-9-5-2-6-10-20/h1-12,17H,13-16H2,(H,29,31). The molecule has 3 aromatic carbocycles. The Morgan fingerprint density at radius 3 is 2.25 bits per heavy atom. The van der Waals surface area contributed by atoms with E-state index in [0.29, 0.717) is 23.6 Å². The topological polar surface area (TPSA) is 55.1 Å². The Balaban J connectivity index is 1.40. The van der Waals surface area contributed by atoms with E-state index in [4.69, 9.17) is 4.42 Å². The van der Waals surface area contributed by atoms with Crippen molar-refractivity contribution in [2.75, 3.05) is 6.54 Å². The maximum atomic E-state index is 13.7. The van der Waals surface area contributed by atoms with E-state index in [1.165, 1.54) is 12.1 Å². The van der Waals surface area contributed by atoms with Gasteiger partial charge in [0, 0.05) is 36.6 Å². The van der Waals surface area contributed by atoms with Crippen molar-refractivity contribution in [2.24, 2.45) is 0 Å². The van der Waals surface area contributed by atoms with Gasteiger partial charge in [-0.05, 0) is 18.1 Å². The van der Waals surface area contributed by atoms with E-state index >= 15 is 0 Å². The zero-order valence-electron chi connectivity index (χ0n) is 17.4. The average molecular weight is 432 g/mol. The van der Waals surface area contributed by atoms with Crippen molar-refractivity contribution in [3.8, 4) is 22.6 Å². The normalized spacial score (nSPS) is 10.8. The van der Waals surface area contributed by atoms with Crippen molar-refractivity contribution in [3.63, 3.8) is 0 Å². The van der Waals surface area contributed by atoms with Gasteiger partial charge in [0.15, 0.2) is 11.7 Å². The van der Waals surface area contributed by atoms with Crippen molar-refractivity contribution in [1.82, 2.24) is 10.3 Å². The molecule has 0 spiro atoms. The molecule has 0 atom stereocenters. The number of benzene rings is 3. The summed E-state index contributed by atoms with van der Waals surface area (Å²) >= 11 is 0. The highest BCUT2D eigenvalue weighted by Crippen LogP contribution is 2.32. The first-order chi connectivity index (χ1) is 15.6. The van der Waals surface area contributed by atoms with Gasteiger partial charge in [-0.25, -0.2) is 13.8 Å². The molecule has 6 heteroatoms. The molecule has 0 unspecified atom stereocenters. The second-order valence-corrected chi connectivity index (χ2v) is 7.35. The molecular weight excluding hydrogens is 410 g/mol. The van der Waals surface area contributed by atoms with Crippen molar-refractivity contribution in [2.45, 2.75) is 19.3 Å². The highest BCUT2D eigenvalue weighted by Gasteiger charge is 2.17. The molecule has 0 saturated heterocycles. The minimum Gasteiger partial charge on any atom is -0.440 e. The Labute approximate surface area is 184 Å². The number of nitrogens with zero attached hydrogens (tertiary/aromatic N) is 1. The Morgan fingerprint density at radius 2 is 1.56 bits per heavy atom. The van der Waals surface area contributed by atoms with Gasteiger partial charge in [0.05, 0.1) is 0 Å². The molecule has 0 bridgehead atoms. The van der Waals surface area contributed by atoms with Gasteiger partial charge in [-0.3, -0.25) is 4.79 Å². The fraction of sp³-hybridized carbons (Fsp3) is 0.154. The molecule has 4 rings (SSSR count). The number of rotatable bonds is 8. The molecule has 162 valence electrons. The van der Waals surface area contributed by atoms with Crippen LogP contribution in [0.1, 0.15) is 17.9 Å². The molecule has 1 aromatic heterocycles. The summed E-state index contributed by atoms with van der Waals surface area (Å²) in [7, 11) is 0. The number of oxazole rings is 1. The van der Waals surface area contributed by atoms with Crippen LogP contribution in [0, 0.1) is 11.6 Å². The lowest BCUT2D eigenvalue weighted by Crippen LogP contribution is -2.26. The average Bonchev–Trinajstić information content (AvgIpc) is 3.25. The van der Waals surface area contributed by atoms with Crippen LogP contribution in [0.2, 0.25) is 0 Å². The van der Waals surface area contributed by atoms with E-state index in [0.717, 1.165) is 22.9 Å². The summed E-state index contributed by atoms with van der Waals surface area (Å²) < 4.78 is 32.7. The molecule has 1 amide bonds. The monoisotopic (exact) mass is 432 g/mol. The summed E-state index contributed by atoms with van der Waals surface area (Å²) in [6.45, 7) is 0.261. The number of carbonyl (C=O) groups is 1. The molecule has 0 radical (unpaired) electrons. The zero-order chi connectivity index (χ0) is 22.3. The predicted octanol–water partition coefficient (Wildman–Crippen LogP) is 5.58. The fourth-order valence-electron chi connectivity index (χ4n) is 3.42. The van der Waals surface area contributed by atoms with Crippen molar-refractivity contribution < 1.29 is 18.0 Å². The maximum absolute atomic E-state index is 13.7. The maximum Gasteiger partial charge on any atom is 0.220 e. The molecule has 0 aliphatic carbocycles. The number of halogens is 2. The zero-order valence-corrected chi connectivity index (χ0v) is 17.4. The third kappa shape index (κ3) is 5.27. The van der Waals surface area contributed by atoms with Gasteiger partial charge in [-0.1, -0.05) is 66.7 Å². The van der Waals surface area contributed by atoms with Crippen LogP contribution in [0.25, 0.3) is 22.6 Å². The molecule has 0 fully saturated rings. The molecule has 4 aromatic rings. The number of amides is 1. The first-order valence-corrected chi connectivity index (χ1v) is 10.4. The van der Waals surface area contributed by atoms with Crippen LogP contribution >= 0.6 is 0 Å². The van der Waals surface area contributed by atoms with E-state index in [2.05, 4.69) is 10.3 Å². The van der Waals surface area contributed by atoms with Crippen LogP contribution in [-0.4, -0.2) is 17.4 Å². The first kappa shape index (κ1) is 21.4. The fourth-order valence-corrected chi connectivity index (χ4v) is 3.42. The van der Waals surface area contributed by atoms with E-state index in [-0.39, 0.29) is 25.3 Å². The van der Waals surface area contributed by atoms with Crippen molar-refractivity contribution in [3.05, 3.63) is 102 Å². The number of hydrogen-bond donors (Lipinski definition) is 1. The second kappa shape index (κ2) is 10.0. The Morgan fingerprint density at radius 1 is 0.875 bits per heavy atom. The second-order valence-electron chi connectivity index (χ2n) is 7.35. The Bertz CT molecular complexity index is 1130. The smallest absolute Gasteiger partial charge is 0.220 e. The lowest BCUT2D eigenvalue weighted by molar-refractivity contribution is -0.121. The molecule has 0 saturated carbocycles. The minimum absolute atomic E-state index is 0.187. The predicted molar refractivity (Wildman–Crippen MR) is 119 cm³/mol. The van der Waals surface area contributed by atoms with Crippen molar-refractivity contribution >= 4 is 5.91 Å². The van der Waals surface area contributed by atoms with Gasteiger partial charge in [-0.15, -0.1) is 0 Å². The summed E-state index contributed by atoms with van der Waals surface area (Å²) in [6, 6.07) is 22.9. The van der Waals surface area contributed by atoms with Gasteiger partial charge >= 0.3 is 0 Å². The SMILES string of the molecule is O=C(CCc1nc(-c2ccccc2)c(-c2ccccc2)o1)NCCc1ccc(F)cc1F. The quantitative estimate of drug-likeness (QED) is 0.396. The molecule has 0 aliphatic heterocycles. The summed E-state index contributed by atoms with van der Waals surface area (Å²) in [6.07, 6.45) is 0.811. The summed E-state index contributed by atoms with van der Waals surface area (Å²) in [5.74, 6) is -0.276. The van der Waals surface area contributed by atoms with Crippen LogP contribution in [0.5, 0.6) is 0 Å². The molecule has 0 aliphatic rings. The highest BCUT2D eigenvalue weighted by atomic mass is 19.1. The summed E-state index contributed by atoms with van der Waals surface area (Å²) in [5.41, 5.74) is 2.95. The van der Waals surface area contributed by atoms with Gasteiger partial charge in [0.2, 0.25) is 5.91 Å². The molecular formula is C26H22F2N2O2. The Hall–Kier alpha value is -3.80. The molecule has 4 nitrogen and oxygen atoms in total. The first-order valence-electron chi connectivity index (χ1n) is 10.4. The molecule has 32 heavy (non-hydrogen) atoms. The summed E-state index contributed by atoms with van der Waals surface area (Å²) in [5, 5.41) is 2.76. The number of aryl methyl sites for hydroxylation is 1. The molecule has 1 heterocycles. The largest absolute Gasteiger partial charge is 0.440 e.